The molecule has 1 aliphatic rings. The minimum atomic E-state index is -0.655. The number of amides is 1. The van der Waals surface area contributed by atoms with E-state index in [9.17, 15) is 9.59 Å². The molecule has 6 rings (SSSR count). The summed E-state index contributed by atoms with van der Waals surface area (Å²) < 4.78 is 12.3. The molecular formula is C34H29NO4. The van der Waals surface area contributed by atoms with E-state index in [1.165, 1.54) is 0 Å². The fourth-order valence-corrected chi connectivity index (χ4v) is 5.20. The largest absolute Gasteiger partial charge is 0.489 e. The van der Waals surface area contributed by atoms with Crippen molar-refractivity contribution in [2.75, 3.05) is 4.90 Å². The quantitative estimate of drug-likeness (QED) is 0.245. The maximum Gasteiger partial charge on any atom is 0.295 e. The van der Waals surface area contributed by atoms with Crippen molar-refractivity contribution in [2.24, 2.45) is 0 Å². The van der Waals surface area contributed by atoms with Gasteiger partial charge in [0.25, 0.3) is 5.91 Å². The molecule has 1 unspecified atom stereocenters. The van der Waals surface area contributed by atoms with Crippen molar-refractivity contribution >= 4 is 22.6 Å². The fraction of sp³-hybridized carbons (Fsp3) is 0.176. The van der Waals surface area contributed by atoms with Crippen LogP contribution in [-0.2, 0) is 6.61 Å². The van der Waals surface area contributed by atoms with Crippen molar-refractivity contribution in [1.29, 1.82) is 0 Å². The third-order valence-corrected chi connectivity index (χ3v) is 7.68. The van der Waals surface area contributed by atoms with Crippen LogP contribution in [0, 0.1) is 27.7 Å². The Morgan fingerprint density at radius 3 is 2.28 bits per heavy atom. The Kier molecular flexibility index (Phi) is 6.07. The van der Waals surface area contributed by atoms with Gasteiger partial charge in [-0.25, -0.2) is 0 Å². The van der Waals surface area contributed by atoms with Gasteiger partial charge in [0, 0.05) is 5.69 Å². The summed E-state index contributed by atoms with van der Waals surface area (Å²) >= 11 is 0. The molecule has 1 aliphatic heterocycles. The predicted octanol–water partition coefficient (Wildman–Crippen LogP) is 7.36. The molecule has 5 nitrogen and oxygen atoms in total. The second-order valence-electron chi connectivity index (χ2n) is 10.3. The molecule has 1 amide bonds. The standard InChI is InChI=1S/C34H29NO4/c1-20-13-14-26(15-21(20)2)35-31(25-11-8-12-27(18-25)38-19-24-9-6-5-7-10-24)30-32(36)28-16-22(3)23(4)17-29(28)39-33(30)34(35)37/h5-18,31H,19H2,1-4H3. The average molecular weight is 516 g/mol. The molecule has 0 fully saturated rings. The van der Waals surface area contributed by atoms with Crippen LogP contribution in [0.5, 0.6) is 5.75 Å². The first-order valence-electron chi connectivity index (χ1n) is 13.1. The van der Waals surface area contributed by atoms with Crippen LogP contribution in [0.3, 0.4) is 0 Å². The number of hydrogen-bond acceptors (Lipinski definition) is 4. The van der Waals surface area contributed by atoms with E-state index in [-0.39, 0.29) is 17.1 Å². The highest BCUT2D eigenvalue weighted by Gasteiger charge is 2.44. The van der Waals surface area contributed by atoms with Gasteiger partial charge in [0.1, 0.15) is 17.9 Å². The molecule has 5 heteroatoms. The molecule has 0 saturated heterocycles. The van der Waals surface area contributed by atoms with Crippen molar-refractivity contribution < 1.29 is 13.9 Å². The Bertz CT molecular complexity index is 1800. The summed E-state index contributed by atoms with van der Waals surface area (Å²) in [5.41, 5.74) is 7.33. The van der Waals surface area contributed by atoms with Crippen LogP contribution in [0.25, 0.3) is 11.0 Å². The van der Waals surface area contributed by atoms with Gasteiger partial charge in [-0.15, -0.1) is 0 Å². The van der Waals surface area contributed by atoms with Crippen LogP contribution < -0.4 is 15.1 Å². The Balaban J connectivity index is 1.52. The number of fused-ring (bicyclic) bond motifs is 2. The van der Waals surface area contributed by atoms with E-state index in [2.05, 4.69) is 0 Å². The molecule has 1 aromatic heterocycles. The number of aryl methyl sites for hydroxylation is 4. The number of carbonyl (C=O) groups excluding carboxylic acids is 1. The summed E-state index contributed by atoms with van der Waals surface area (Å²) in [6.07, 6.45) is 0. The van der Waals surface area contributed by atoms with E-state index in [0.717, 1.165) is 33.4 Å². The minimum absolute atomic E-state index is 0.0922. The van der Waals surface area contributed by atoms with E-state index in [0.29, 0.717) is 34.6 Å². The summed E-state index contributed by atoms with van der Waals surface area (Å²) in [7, 11) is 0. The molecular weight excluding hydrogens is 486 g/mol. The topological polar surface area (TPSA) is 59.8 Å². The summed E-state index contributed by atoms with van der Waals surface area (Å²) in [6.45, 7) is 8.40. The Hall–Kier alpha value is -4.64. The van der Waals surface area contributed by atoms with Crippen LogP contribution in [-0.4, -0.2) is 5.91 Å². The zero-order valence-corrected chi connectivity index (χ0v) is 22.4. The van der Waals surface area contributed by atoms with E-state index in [1.807, 2.05) is 113 Å². The van der Waals surface area contributed by atoms with Crippen LogP contribution in [0.2, 0.25) is 0 Å². The summed E-state index contributed by atoms with van der Waals surface area (Å²) in [4.78, 5) is 29.7. The lowest BCUT2D eigenvalue weighted by molar-refractivity contribution is 0.0971. The number of anilines is 1. The first kappa shape index (κ1) is 24.7. The second kappa shape index (κ2) is 9.59. The Morgan fingerprint density at radius 2 is 1.51 bits per heavy atom. The lowest BCUT2D eigenvalue weighted by Gasteiger charge is -2.26. The molecule has 0 N–H and O–H groups in total. The van der Waals surface area contributed by atoms with Crippen LogP contribution in [0.15, 0.2) is 94.1 Å². The molecule has 0 bridgehead atoms. The number of benzene rings is 4. The highest BCUT2D eigenvalue weighted by atomic mass is 16.5. The van der Waals surface area contributed by atoms with E-state index in [1.54, 1.807) is 4.90 Å². The Morgan fingerprint density at radius 1 is 0.769 bits per heavy atom. The monoisotopic (exact) mass is 515 g/mol. The third kappa shape index (κ3) is 4.30. The molecule has 39 heavy (non-hydrogen) atoms. The number of ether oxygens (including phenoxy) is 1. The maximum atomic E-state index is 14.0. The number of nitrogens with zero attached hydrogens (tertiary/aromatic N) is 1. The van der Waals surface area contributed by atoms with Crippen molar-refractivity contribution in [2.45, 2.75) is 40.3 Å². The van der Waals surface area contributed by atoms with Crippen molar-refractivity contribution in [3.05, 3.63) is 140 Å². The lowest BCUT2D eigenvalue weighted by atomic mass is 9.97. The third-order valence-electron chi connectivity index (χ3n) is 7.68. The average Bonchev–Trinajstić information content (AvgIpc) is 3.23. The van der Waals surface area contributed by atoms with E-state index >= 15 is 0 Å². The molecule has 0 radical (unpaired) electrons. The number of hydrogen-bond donors (Lipinski definition) is 0. The van der Waals surface area contributed by atoms with Gasteiger partial charge in [0.2, 0.25) is 5.76 Å². The van der Waals surface area contributed by atoms with Crippen LogP contribution in [0.4, 0.5) is 5.69 Å². The highest BCUT2D eigenvalue weighted by Crippen LogP contribution is 2.42. The second-order valence-corrected chi connectivity index (χ2v) is 10.3. The van der Waals surface area contributed by atoms with E-state index in [4.69, 9.17) is 9.15 Å². The van der Waals surface area contributed by atoms with Crippen molar-refractivity contribution in [1.82, 2.24) is 0 Å². The number of carbonyl (C=O) groups is 1. The fourth-order valence-electron chi connectivity index (χ4n) is 5.20. The van der Waals surface area contributed by atoms with Gasteiger partial charge in [-0.1, -0.05) is 48.5 Å². The molecule has 5 aromatic rings. The Labute approximate surface area is 227 Å². The van der Waals surface area contributed by atoms with Gasteiger partial charge in [0.15, 0.2) is 5.43 Å². The van der Waals surface area contributed by atoms with Gasteiger partial charge in [0.05, 0.1) is 17.0 Å². The van der Waals surface area contributed by atoms with Crippen LogP contribution >= 0.6 is 0 Å². The first-order chi connectivity index (χ1) is 18.8. The normalized spacial score (nSPS) is 14.6. The zero-order valence-electron chi connectivity index (χ0n) is 22.4. The SMILES string of the molecule is Cc1ccc(N2C(=O)c3oc4cc(C)c(C)cc4c(=O)c3C2c2cccc(OCc3ccccc3)c2)cc1C. The first-order valence-corrected chi connectivity index (χ1v) is 13.1. The molecule has 0 spiro atoms. The van der Waals surface area contributed by atoms with Crippen LogP contribution in [0.1, 0.15) is 55.5 Å². The maximum absolute atomic E-state index is 14.0. The van der Waals surface area contributed by atoms with Crippen molar-refractivity contribution in [3.8, 4) is 5.75 Å². The zero-order chi connectivity index (χ0) is 27.3. The molecule has 0 aliphatic carbocycles. The summed E-state index contributed by atoms with van der Waals surface area (Å²) in [5, 5.41) is 0.480. The van der Waals surface area contributed by atoms with Gasteiger partial charge in [-0.2, -0.15) is 0 Å². The predicted molar refractivity (Wildman–Crippen MR) is 154 cm³/mol. The van der Waals surface area contributed by atoms with Gasteiger partial charge < -0.3 is 9.15 Å². The van der Waals surface area contributed by atoms with Gasteiger partial charge in [-0.05, 0) is 97.5 Å². The summed E-state index contributed by atoms with van der Waals surface area (Å²) in [6, 6.07) is 26.5. The van der Waals surface area contributed by atoms with Gasteiger partial charge in [-0.3, -0.25) is 14.5 Å². The molecule has 4 aromatic carbocycles. The molecule has 0 saturated carbocycles. The molecule has 2 heterocycles. The lowest BCUT2D eigenvalue weighted by Crippen LogP contribution is -2.29. The molecule has 194 valence electrons. The highest BCUT2D eigenvalue weighted by molar-refractivity contribution is 6.10. The van der Waals surface area contributed by atoms with E-state index < -0.39 is 6.04 Å². The van der Waals surface area contributed by atoms with Gasteiger partial charge >= 0.3 is 0 Å². The summed E-state index contributed by atoms with van der Waals surface area (Å²) in [5.74, 6) is 0.426. The molecule has 1 atom stereocenters. The smallest absolute Gasteiger partial charge is 0.295 e. The minimum Gasteiger partial charge on any atom is -0.489 e. The number of rotatable bonds is 5. The van der Waals surface area contributed by atoms with Crippen molar-refractivity contribution in [3.63, 3.8) is 0 Å².